The first kappa shape index (κ1) is 18.8. The standard InChI is InChI=1S/C23H28N6O2/c1-14-25-17-7-8-24-20(17)22(26-14)28-12-15-11-16(13-28)21(23(31)27-9-2-3-10-27)29-18(15)5-4-6-19(29)30/h2-3,7-8,15-16,18,21,24H,4-6,9-13H2,1H3/t15-,16+,18+,21-/m1/s1. The van der Waals surface area contributed by atoms with Crippen molar-refractivity contribution in [3.05, 3.63) is 30.2 Å². The third kappa shape index (κ3) is 2.95. The number of nitrogens with one attached hydrogen (secondary N) is 1. The molecule has 3 saturated heterocycles. The van der Waals surface area contributed by atoms with Gasteiger partial charge in [0.25, 0.3) is 0 Å². The maximum absolute atomic E-state index is 13.6. The van der Waals surface area contributed by atoms with Crippen LogP contribution in [0.3, 0.4) is 0 Å². The monoisotopic (exact) mass is 420 g/mol. The maximum atomic E-state index is 13.6. The normalized spacial score (nSPS) is 30.2. The number of anilines is 1. The van der Waals surface area contributed by atoms with E-state index in [1.807, 2.05) is 41.1 Å². The quantitative estimate of drug-likeness (QED) is 0.750. The molecule has 8 heteroatoms. The van der Waals surface area contributed by atoms with Crippen LogP contribution < -0.4 is 4.90 Å². The smallest absolute Gasteiger partial charge is 0.246 e. The Labute approximate surface area is 181 Å². The average molecular weight is 421 g/mol. The van der Waals surface area contributed by atoms with Gasteiger partial charge in [-0.3, -0.25) is 9.59 Å². The van der Waals surface area contributed by atoms with Gasteiger partial charge in [-0.1, -0.05) is 12.2 Å². The van der Waals surface area contributed by atoms with E-state index in [1.54, 1.807) is 0 Å². The van der Waals surface area contributed by atoms with Crippen molar-refractivity contribution < 1.29 is 9.59 Å². The first-order chi connectivity index (χ1) is 15.1. The summed E-state index contributed by atoms with van der Waals surface area (Å²) in [5, 5.41) is 0. The van der Waals surface area contributed by atoms with E-state index in [0.29, 0.717) is 25.4 Å². The van der Waals surface area contributed by atoms with Crippen molar-refractivity contribution in [2.45, 2.75) is 44.7 Å². The molecule has 6 rings (SSSR count). The number of piperidine rings is 3. The number of fused-ring (bicyclic) bond motifs is 5. The fourth-order valence-corrected chi connectivity index (χ4v) is 6.26. The van der Waals surface area contributed by atoms with Crippen molar-refractivity contribution in [2.24, 2.45) is 11.8 Å². The maximum Gasteiger partial charge on any atom is 0.246 e. The van der Waals surface area contributed by atoms with Crippen LogP contribution in [0.1, 0.15) is 31.5 Å². The predicted octanol–water partition coefficient (Wildman–Crippen LogP) is 1.87. The lowest BCUT2D eigenvalue weighted by Crippen LogP contribution is -2.68. The topological polar surface area (TPSA) is 85.4 Å². The molecular formula is C23H28N6O2. The minimum atomic E-state index is -0.362. The van der Waals surface area contributed by atoms with Crippen LogP contribution in [0.25, 0.3) is 11.0 Å². The van der Waals surface area contributed by atoms with E-state index in [-0.39, 0.29) is 29.8 Å². The van der Waals surface area contributed by atoms with E-state index >= 15 is 0 Å². The Morgan fingerprint density at radius 3 is 2.81 bits per heavy atom. The second kappa shape index (κ2) is 7.07. The Hall–Kier alpha value is -2.90. The van der Waals surface area contributed by atoms with Crippen LogP contribution in [-0.4, -0.2) is 74.8 Å². The van der Waals surface area contributed by atoms with E-state index in [0.717, 1.165) is 55.0 Å². The van der Waals surface area contributed by atoms with Crippen LogP contribution in [0, 0.1) is 18.8 Å². The summed E-state index contributed by atoms with van der Waals surface area (Å²) in [6, 6.07) is 1.76. The predicted molar refractivity (Wildman–Crippen MR) is 116 cm³/mol. The van der Waals surface area contributed by atoms with Crippen molar-refractivity contribution in [3.63, 3.8) is 0 Å². The summed E-state index contributed by atoms with van der Waals surface area (Å²) in [6.45, 7) is 4.82. The van der Waals surface area contributed by atoms with Gasteiger partial charge >= 0.3 is 0 Å². The number of amides is 2. The van der Waals surface area contributed by atoms with Gasteiger partial charge in [0.1, 0.15) is 17.4 Å². The Morgan fingerprint density at radius 2 is 1.97 bits per heavy atom. The lowest BCUT2D eigenvalue weighted by atomic mass is 9.71. The molecule has 31 heavy (non-hydrogen) atoms. The number of carbonyl (C=O) groups excluding carboxylic acids is 2. The van der Waals surface area contributed by atoms with Crippen molar-refractivity contribution in [3.8, 4) is 0 Å². The first-order valence-corrected chi connectivity index (χ1v) is 11.4. The van der Waals surface area contributed by atoms with E-state index in [4.69, 9.17) is 4.98 Å². The van der Waals surface area contributed by atoms with Crippen molar-refractivity contribution in [1.29, 1.82) is 0 Å². The molecule has 2 aromatic rings. The molecule has 3 fully saturated rings. The summed E-state index contributed by atoms with van der Waals surface area (Å²) in [5.74, 6) is 2.43. The molecule has 0 radical (unpaired) electrons. The summed E-state index contributed by atoms with van der Waals surface area (Å²) in [7, 11) is 0. The third-order valence-electron chi connectivity index (χ3n) is 7.52. The zero-order valence-corrected chi connectivity index (χ0v) is 17.8. The van der Waals surface area contributed by atoms with Gasteiger partial charge in [0.05, 0.1) is 5.52 Å². The summed E-state index contributed by atoms with van der Waals surface area (Å²) in [6.07, 6.45) is 9.45. The van der Waals surface area contributed by atoms with Crippen molar-refractivity contribution in [1.82, 2.24) is 24.8 Å². The number of hydrogen-bond acceptors (Lipinski definition) is 5. The largest absolute Gasteiger partial charge is 0.357 e. The van der Waals surface area contributed by atoms with Gasteiger partial charge in [0.15, 0.2) is 5.82 Å². The van der Waals surface area contributed by atoms with Gasteiger partial charge in [0, 0.05) is 50.8 Å². The summed E-state index contributed by atoms with van der Waals surface area (Å²) < 4.78 is 0. The van der Waals surface area contributed by atoms with Gasteiger partial charge in [-0.05, 0) is 38.2 Å². The highest BCUT2D eigenvalue weighted by atomic mass is 16.2. The van der Waals surface area contributed by atoms with Crippen LogP contribution in [-0.2, 0) is 9.59 Å². The number of aromatic nitrogens is 3. The Balaban J connectivity index is 1.38. The number of H-pyrrole nitrogens is 1. The van der Waals surface area contributed by atoms with Crippen LogP contribution in [0.15, 0.2) is 24.4 Å². The van der Waals surface area contributed by atoms with Crippen molar-refractivity contribution >= 4 is 28.7 Å². The van der Waals surface area contributed by atoms with E-state index in [1.165, 1.54) is 0 Å². The number of aromatic amines is 1. The first-order valence-electron chi connectivity index (χ1n) is 11.4. The van der Waals surface area contributed by atoms with Crippen molar-refractivity contribution in [2.75, 3.05) is 31.1 Å². The molecule has 2 bridgehead atoms. The lowest BCUT2D eigenvalue weighted by Gasteiger charge is -2.56. The second-order valence-corrected chi connectivity index (χ2v) is 9.41. The minimum Gasteiger partial charge on any atom is -0.357 e. The molecule has 0 saturated carbocycles. The van der Waals surface area contributed by atoms with E-state index < -0.39 is 0 Å². The molecule has 0 aliphatic carbocycles. The zero-order chi connectivity index (χ0) is 21.1. The Bertz CT molecular complexity index is 1070. The molecular weight excluding hydrogens is 392 g/mol. The summed E-state index contributed by atoms with van der Waals surface area (Å²) >= 11 is 0. The molecule has 1 N–H and O–H groups in total. The molecule has 4 aliphatic heterocycles. The van der Waals surface area contributed by atoms with Gasteiger partial charge < -0.3 is 19.7 Å². The second-order valence-electron chi connectivity index (χ2n) is 9.41. The highest BCUT2D eigenvalue weighted by Crippen LogP contribution is 2.43. The van der Waals surface area contributed by atoms with Gasteiger partial charge in [-0.25, -0.2) is 9.97 Å². The molecule has 6 heterocycles. The Morgan fingerprint density at radius 1 is 1.16 bits per heavy atom. The van der Waals surface area contributed by atoms with E-state index in [9.17, 15) is 9.59 Å². The van der Waals surface area contributed by atoms with Gasteiger partial charge in [-0.2, -0.15) is 0 Å². The highest BCUT2D eigenvalue weighted by Gasteiger charge is 2.53. The highest BCUT2D eigenvalue weighted by molar-refractivity contribution is 5.90. The summed E-state index contributed by atoms with van der Waals surface area (Å²) in [4.78, 5) is 45.5. The molecule has 162 valence electrons. The summed E-state index contributed by atoms with van der Waals surface area (Å²) in [5.41, 5.74) is 1.87. The third-order valence-corrected chi connectivity index (χ3v) is 7.52. The molecule has 0 spiro atoms. The van der Waals surface area contributed by atoms with Gasteiger partial charge in [-0.15, -0.1) is 0 Å². The van der Waals surface area contributed by atoms with Crippen LogP contribution >= 0.6 is 0 Å². The fraction of sp³-hybridized carbons (Fsp3) is 0.565. The molecule has 8 nitrogen and oxygen atoms in total. The fourth-order valence-electron chi connectivity index (χ4n) is 6.26. The molecule has 0 aromatic carbocycles. The molecule has 4 aliphatic rings. The number of rotatable bonds is 2. The molecule has 2 aromatic heterocycles. The average Bonchev–Trinajstić information content (AvgIpc) is 3.45. The minimum absolute atomic E-state index is 0.111. The molecule has 2 amide bonds. The number of nitrogens with zero attached hydrogens (tertiary/aromatic N) is 5. The molecule has 4 atom stereocenters. The van der Waals surface area contributed by atoms with E-state index in [2.05, 4.69) is 14.9 Å². The van der Waals surface area contributed by atoms with Gasteiger partial charge in [0.2, 0.25) is 11.8 Å². The Kier molecular flexibility index (Phi) is 4.30. The lowest BCUT2D eigenvalue weighted by molar-refractivity contribution is -0.160. The zero-order valence-electron chi connectivity index (χ0n) is 17.8. The van der Waals surface area contributed by atoms with Crippen LogP contribution in [0.4, 0.5) is 5.82 Å². The van der Waals surface area contributed by atoms with Crippen LogP contribution in [0.5, 0.6) is 0 Å². The SMILES string of the molecule is Cc1nc(N2C[C@H]3C[C@@H](C2)[C@H](C(=O)N2CC=CC2)N2C(=O)CCC[C@@H]32)c2[nH]ccc2n1. The molecule has 0 unspecified atom stereocenters. The number of hydrogen-bond donors (Lipinski definition) is 1. The number of aryl methyl sites for hydroxylation is 1. The van der Waals surface area contributed by atoms with Crippen LogP contribution in [0.2, 0.25) is 0 Å². The number of carbonyl (C=O) groups is 2.